The van der Waals surface area contributed by atoms with E-state index in [-0.39, 0.29) is 18.2 Å². The Bertz CT molecular complexity index is 1130. The van der Waals surface area contributed by atoms with Crippen LogP contribution in [-0.4, -0.2) is 52.4 Å². The number of carboxylic acid groups (broad SMARTS) is 1. The molecular weight excluding hydrogens is 436 g/mol. The smallest absolute Gasteiger partial charge is 0.337 e. The monoisotopic (exact) mass is 468 g/mol. The van der Waals surface area contributed by atoms with Gasteiger partial charge in [0.25, 0.3) is 0 Å². The van der Waals surface area contributed by atoms with Gasteiger partial charge < -0.3 is 24.4 Å². The van der Waals surface area contributed by atoms with Crippen molar-refractivity contribution in [2.45, 2.75) is 63.9 Å². The van der Waals surface area contributed by atoms with Gasteiger partial charge in [0.05, 0.1) is 32.4 Å². The Labute approximate surface area is 199 Å². The summed E-state index contributed by atoms with van der Waals surface area (Å²) in [7, 11) is 3.17. The normalized spacial score (nSPS) is 16.4. The topological polar surface area (TPSA) is 103 Å². The molecule has 0 saturated heterocycles. The van der Waals surface area contributed by atoms with E-state index in [1.807, 2.05) is 25.1 Å². The Morgan fingerprint density at radius 2 is 1.82 bits per heavy atom. The summed E-state index contributed by atoms with van der Waals surface area (Å²) in [6.45, 7) is 2.17. The first kappa shape index (κ1) is 24.0. The molecule has 8 nitrogen and oxygen atoms in total. The number of aliphatic hydroxyl groups excluding tert-OH is 1. The number of ether oxygens (including phenoxy) is 3. The van der Waals surface area contributed by atoms with Crippen molar-refractivity contribution in [1.29, 1.82) is 0 Å². The summed E-state index contributed by atoms with van der Waals surface area (Å²) in [4.78, 5) is 11.6. The number of hydrogen-bond donors (Lipinski definition) is 2. The van der Waals surface area contributed by atoms with Crippen molar-refractivity contribution >= 4 is 16.9 Å². The molecule has 8 heteroatoms. The van der Waals surface area contributed by atoms with Crippen LogP contribution in [0, 0.1) is 6.92 Å². The Morgan fingerprint density at radius 3 is 2.44 bits per heavy atom. The van der Waals surface area contributed by atoms with Crippen LogP contribution in [0.5, 0.6) is 11.5 Å². The van der Waals surface area contributed by atoms with E-state index in [1.54, 1.807) is 31.2 Å². The van der Waals surface area contributed by atoms with Gasteiger partial charge in [-0.1, -0.05) is 31.4 Å². The average molecular weight is 469 g/mol. The van der Waals surface area contributed by atoms with Gasteiger partial charge in [0.2, 0.25) is 0 Å². The van der Waals surface area contributed by atoms with E-state index in [0.717, 1.165) is 36.6 Å². The first-order valence-electron chi connectivity index (χ1n) is 11.7. The van der Waals surface area contributed by atoms with Gasteiger partial charge in [-0.05, 0) is 43.5 Å². The lowest BCUT2D eigenvalue weighted by Crippen LogP contribution is -2.33. The molecule has 0 radical (unpaired) electrons. The second-order valence-corrected chi connectivity index (χ2v) is 8.83. The van der Waals surface area contributed by atoms with Crippen LogP contribution in [0.4, 0.5) is 0 Å². The Kier molecular flexibility index (Phi) is 7.38. The lowest BCUT2D eigenvalue weighted by molar-refractivity contribution is -0.0965. The minimum absolute atomic E-state index is 0.0576. The van der Waals surface area contributed by atoms with E-state index in [2.05, 4.69) is 5.10 Å². The summed E-state index contributed by atoms with van der Waals surface area (Å²) < 4.78 is 19.1. The molecule has 4 rings (SSSR count). The lowest BCUT2D eigenvalue weighted by atomic mass is 9.96. The largest absolute Gasteiger partial charge is 0.496 e. The predicted octanol–water partition coefficient (Wildman–Crippen LogP) is 4.51. The summed E-state index contributed by atoms with van der Waals surface area (Å²) in [6.07, 6.45) is 5.61. The van der Waals surface area contributed by atoms with Crippen LogP contribution in [0.25, 0.3) is 10.9 Å². The molecule has 2 N–H and O–H groups in total. The molecule has 0 bridgehead atoms. The fourth-order valence-electron chi connectivity index (χ4n) is 4.70. The number of hydrogen-bond acceptors (Lipinski definition) is 6. The first-order chi connectivity index (χ1) is 16.4. The molecule has 2 atom stereocenters. The maximum Gasteiger partial charge on any atom is 0.337 e. The van der Waals surface area contributed by atoms with Crippen molar-refractivity contribution < 1.29 is 29.2 Å². The van der Waals surface area contributed by atoms with Crippen molar-refractivity contribution in [1.82, 2.24) is 9.78 Å². The second kappa shape index (κ2) is 10.4. The predicted molar refractivity (Wildman–Crippen MR) is 128 cm³/mol. The summed E-state index contributed by atoms with van der Waals surface area (Å²) in [5.74, 6) is 0.228. The number of carboxylic acids is 1. The van der Waals surface area contributed by atoms with Crippen molar-refractivity contribution in [2.75, 3.05) is 14.2 Å². The molecule has 0 aliphatic heterocycles. The number of fused-ring (bicyclic) bond motifs is 1. The average Bonchev–Trinajstić information content (AvgIpc) is 3.26. The summed E-state index contributed by atoms with van der Waals surface area (Å²) >= 11 is 0. The summed E-state index contributed by atoms with van der Waals surface area (Å²) in [5.41, 5.74) is 2.04. The third-order valence-electron chi connectivity index (χ3n) is 6.57. The summed E-state index contributed by atoms with van der Waals surface area (Å²) in [5, 5.41) is 26.2. The van der Waals surface area contributed by atoms with Crippen LogP contribution >= 0.6 is 0 Å². The highest BCUT2D eigenvalue weighted by Crippen LogP contribution is 2.35. The molecule has 1 saturated carbocycles. The third kappa shape index (κ3) is 5.03. The van der Waals surface area contributed by atoms with E-state index in [1.165, 1.54) is 12.5 Å². The minimum atomic E-state index is -1.02. The van der Waals surface area contributed by atoms with Gasteiger partial charge in [-0.25, -0.2) is 4.79 Å². The third-order valence-corrected chi connectivity index (χ3v) is 6.57. The highest BCUT2D eigenvalue weighted by molar-refractivity contribution is 6.01. The molecule has 2 unspecified atom stereocenters. The molecule has 1 heterocycles. The molecule has 2 aromatic carbocycles. The summed E-state index contributed by atoms with van der Waals surface area (Å²) in [6, 6.07) is 8.68. The molecule has 1 aliphatic carbocycles. The molecule has 0 spiro atoms. The van der Waals surface area contributed by atoms with Crippen LogP contribution in [0.2, 0.25) is 0 Å². The molecular formula is C26H32N2O6. The van der Waals surface area contributed by atoms with Crippen molar-refractivity contribution in [3.8, 4) is 11.5 Å². The number of nitrogens with zero attached hydrogens (tertiary/aromatic N) is 2. The van der Waals surface area contributed by atoms with Gasteiger partial charge in [0, 0.05) is 17.1 Å². The Morgan fingerprint density at radius 1 is 1.15 bits per heavy atom. The van der Waals surface area contributed by atoms with Gasteiger partial charge in [-0.15, -0.1) is 0 Å². The number of carbonyl (C=O) groups is 1. The molecule has 182 valence electrons. The number of rotatable bonds is 9. The zero-order valence-corrected chi connectivity index (χ0v) is 19.9. The van der Waals surface area contributed by atoms with Crippen LogP contribution in [0.15, 0.2) is 36.5 Å². The molecule has 1 fully saturated rings. The molecule has 3 aromatic rings. The van der Waals surface area contributed by atoms with Crippen LogP contribution in [0.3, 0.4) is 0 Å². The Balaban J connectivity index is 1.67. The fraction of sp³-hybridized carbons (Fsp3) is 0.462. The van der Waals surface area contributed by atoms with Crippen LogP contribution < -0.4 is 9.47 Å². The lowest BCUT2D eigenvalue weighted by Gasteiger charge is -2.31. The van der Waals surface area contributed by atoms with Gasteiger partial charge in [-0.3, -0.25) is 4.68 Å². The zero-order chi connectivity index (χ0) is 24.2. The van der Waals surface area contributed by atoms with Crippen LogP contribution in [-0.2, 0) is 11.3 Å². The van der Waals surface area contributed by atoms with E-state index in [4.69, 9.17) is 14.2 Å². The first-order valence-corrected chi connectivity index (χ1v) is 11.7. The zero-order valence-electron chi connectivity index (χ0n) is 19.9. The van der Waals surface area contributed by atoms with Gasteiger partial charge in [-0.2, -0.15) is 5.10 Å². The van der Waals surface area contributed by atoms with E-state index < -0.39 is 18.2 Å². The maximum atomic E-state index is 11.6. The number of aliphatic hydroxyl groups is 1. The quantitative estimate of drug-likeness (QED) is 0.476. The maximum absolute atomic E-state index is 11.6. The molecule has 1 aromatic heterocycles. The van der Waals surface area contributed by atoms with Crippen LogP contribution in [0.1, 0.15) is 59.7 Å². The molecule has 0 amide bonds. The van der Waals surface area contributed by atoms with Gasteiger partial charge >= 0.3 is 5.97 Å². The minimum Gasteiger partial charge on any atom is -0.496 e. The molecule has 1 aliphatic rings. The van der Waals surface area contributed by atoms with E-state index >= 15 is 0 Å². The van der Waals surface area contributed by atoms with Crippen molar-refractivity contribution in [2.24, 2.45) is 0 Å². The SMILES string of the molecule is COc1cc(C(O)C(Cn2cc3cccc(C(=O)O)c3n2)OC2CCCCC2)cc(OC)c1C. The number of aromatic carboxylic acids is 1. The molecule has 34 heavy (non-hydrogen) atoms. The van der Waals surface area contributed by atoms with E-state index in [9.17, 15) is 15.0 Å². The highest BCUT2D eigenvalue weighted by Gasteiger charge is 2.29. The van der Waals surface area contributed by atoms with E-state index in [0.29, 0.717) is 22.6 Å². The van der Waals surface area contributed by atoms with Gasteiger partial charge in [0.1, 0.15) is 29.2 Å². The van der Waals surface area contributed by atoms with Crippen molar-refractivity contribution in [3.05, 3.63) is 53.2 Å². The number of aromatic nitrogens is 2. The van der Waals surface area contributed by atoms with Crippen molar-refractivity contribution in [3.63, 3.8) is 0 Å². The highest BCUT2D eigenvalue weighted by atomic mass is 16.5. The Hall–Kier alpha value is -3.10. The number of benzene rings is 2. The standard InChI is InChI=1S/C26H32N2O6/c1-16-21(32-2)12-18(13-22(16)33-3)25(29)23(34-19-9-5-4-6-10-19)15-28-14-17-8-7-11-20(26(30)31)24(17)27-28/h7-8,11-14,19,23,25,29H,4-6,9-10,15H2,1-3H3,(H,30,31). The second-order valence-electron chi connectivity index (χ2n) is 8.83. The van der Waals surface area contributed by atoms with Gasteiger partial charge in [0.15, 0.2) is 0 Å². The number of methoxy groups -OCH3 is 2. The fourth-order valence-corrected chi connectivity index (χ4v) is 4.70.